The molecule has 20 heavy (non-hydrogen) atoms. The molecular weight excluding hydrogens is 256 g/mol. The van der Waals surface area contributed by atoms with E-state index in [1.165, 1.54) is 0 Å². The van der Waals surface area contributed by atoms with E-state index in [2.05, 4.69) is 30.7 Å². The van der Waals surface area contributed by atoms with Crippen LogP contribution in [0.1, 0.15) is 10.5 Å². The lowest BCUT2D eigenvalue weighted by Crippen LogP contribution is -2.46. The summed E-state index contributed by atoms with van der Waals surface area (Å²) in [6, 6.07) is 1.81. The molecule has 0 spiro atoms. The van der Waals surface area contributed by atoms with Gasteiger partial charge in [0.2, 0.25) is 0 Å². The summed E-state index contributed by atoms with van der Waals surface area (Å²) >= 11 is 0. The van der Waals surface area contributed by atoms with Crippen molar-refractivity contribution in [2.75, 3.05) is 39.3 Å². The first-order valence-electron chi connectivity index (χ1n) is 6.84. The molecule has 106 valence electrons. The van der Waals surface area contributed by atoms with Gasteiger partial charge >= 0.3 is 0 Å². The molecule has 1 fully saturated rings. The Morgan fingerprint density at radius 2 is 2.25 bits per heavy atom. The molecule has 3 rings (SSSR count). The van der Waals surface area contributed by atoms with Crippen LogP contribution in [-0.2, 0) is 0 Å². The van der Waals surface area contributed by atoms with Gasteiger partial charge in [-0.2, -0.15) is 5.10 Å². The van der Waals surface area contributed by atoms with Crippen LogP contribution in [0.3, 0.4) is 0 Å². The van der Waals surface area contributed by atoms with E-state index >= 15 is 0 Å². The molecule has 0 atom stereocenters. The van der Waals surface area contributed by atoms with Crippen LogP contribution in [0.2, 0.25) is 0 Å². The van der Waals surface area contributed by atoms with Crippen molar-refractivity contribution in [3.05, 3.63) is 24.2 Å². The summed E-state index contributed by atoms with van der Waals surface area (Å²) in [5.74, 6) is -0.153. The molecule has 0 aliphatic carbocycles. The number of carbonyl (C=O) groups is 1. The molecule has 0 radical (unpaired) electrons. The van der Waals surface area contributed by atoms with E-state index in [0.29, 0.717) is 12.2 Å². The van der Waals surface area contributed by atoms with E-state index in [4.69, 9.17) is 0 Å². The molecule has 2 aromatic rings. The predicted octanol–water partition coefficient (Wildman–Crippen LogP) is -0.407. The van der Waals surface area contributed by atoms with Gasteiger partial charge in [0.05, 0.1) is 10.9 Å². The van der Waals surface area contributed by atoms with Gasteiger partial charge in [-0.3, -0.25) is 19.8 Å². The summed E-state index contributed by atoms with van der Waals surface area (Å²) in [6.07, 6.45) is 3.33. The van der Waals surface area contributed by atoms with Crippen molar-refractivity contribution in [2.45, 2.75) is 0 Å². The van der Waals surface area contributed by atoms with Crippen molar-refractivity contribution in [3.8, 4) is 0 Å². The normalized spacial score (nSPS) is 16.4. The van der Waals surface area contributed by atoms with Crippen molar-refractivity contribution >= 4 is 16.8 Å². The van der Waals surface area contributed by atoms with Gasteiger partial charge in [-0.1, -0.05) is 0 Å². The number of H-pyrrole nitrogens is 1. The van der Waals surface area contributed by atoms with Crippen molar-refractivity contribution in [1.29, 1.82) is 0 Å². The second-order valence-electron chi connectivity index (χ2n) is 4.84. The van der Waals surface area contributed by atoms with Crippen LogP contribution >= 0.6 is 0 Å². The van der Waals surface area contributed by atoms with Crippen molar-refractivity contribution in [2.24, 2.45) is 0 Å². The Morgan fingerprint density at radius 1 is 1.40 bits per heavy atom. The first-order chi connectivity index (χ1) is 9.84. The van der Waals surface area contributed by atoms with Gasteiger partial charge < -0.3 is 10.6 Å². The lowest BCUT2D eigenvalue weighted by atomic mass is 10.2. The minimum absolute atomic E-state index is 0.153. The zero-order valence-corrected chi connectivity index (χ0v) is 11.2. The van der Waals surface area contributed by atoms with Crippen LogP contribution in [-0.4, -0.2) is 65.3 Å². The number of amides is 1. The highest BCUT2D eigenvalue weighted by molar-refractivity contribution is 6.04. The van der Waals surface area contributed by atoms with E-state index in [9.17, 15) is 4.79 Å². The number of fused-ring (bicyclic) bond motifs is 1. The summed E-state index contributed by atoms with van der Waals surface area (Å²) in [6.45, 7) is 5.60. The van der Waals surface area contributed by atoms with E-state index in [0.717, 1.165) is 43.6 Å². The van der Waals surface area contributed by atoms with E-state index in [-0.39, 0.29) is 5.91 Å². The van der Waals surface area contributed by atoms with Crippen LogP contribution in [0.15, 0.2) is 18.5 Å². The fourth-order valence-corrected chi connectivity index (χ4v) is 2.38. The summed E-state index contributed by atoms with van der Waals surface area (Å²) in [5, 5.41) is 13.9. The lowest BCUT2D eigenvalue weighted by Gasteiger charge is -2.26. The molecule has 1 aliphatic heterocycles. The average molecular weight is 274 g/mol. The zero-order valence-electron chi connectivity index (χ0n) is 11.2. The number of rotatable bonds is 4. The Bertz CT molecular complexity index is 589. The van der Waals surface area contributed by atoms with Gasteiger partial charge in [0, 0.05) is 51.7 Å². The predicted molar refractivity (Wildman–Crippen MR) is 75.5 cm³/mol. The fourth-order valence-electron chi connectivity index (χ4n) is 2.38. The Morgan fingerprint density at radius 3 is 3.10 bits per heavy atom. The van der Waals surface area contributed by atoms with Crippen LogP contribution in [0, 0.1) is 0 Å². The first-order valence-corrected chi connectivity index (χ1v) is 6.84. The molecule has 1 saturated heterocycles. The third-order valence-corrected chi connectivity index (χ3v) is 3.50. The lowest BCUT2D eigenvalue weighted by molar-refractivity contribution is 0.0944. The molecule has 0 aromatic carbocycles. The Hall–Kier alpha value is -1.99. The number of aromatic nitrogens is 3. The third kappa shape index (κ3) is 2.78. The summed E-state index contributed by atoms with van der Waals surface area (Å²) < 4.78 is 0. The molecule has 0 bridgehead atoms. The molecule has 3 heterocycles. The Labute approximate surface area is 116 Å². The summed E-state index contributed by atoms with van der Waals surface area (Å²) in [7, 11) is 0. The minimum atomic E-state index is -0.153. The molecule has 7 heteroatoms. The summed E-state index contributed by atoms with van der Waals surface area (Å²) in [5.41, 5.74) is 1.24. The molecule has 1 aliphatic rings. The van der Waals surface area contributed by atoms with Crippen molar-refractivity contribution in [1.82, 2.24) is 30.7 Å². The highest BCUT2D eigenvalue weighted by Gasteiger charge is 2.14. The fraction of sp³-hybridized carbons (Fsp3) is 0.462. The standard InChI is InChI=1S/C13H18N6O/c20-13(16-5-8-19-6-3-14-4-7-19)12-10-9-15-2-1-11(10)17-18-12/h1-2,9,14H,3-8H2,(H,16,20)(H,17,18). The van der Waals surface area contributed by atoms with Gasteiger partial charge in [-0.25, -0.2) is 0 Å². The number of nitrogens with one attached hydrogen (secondary N) is 3. The van der Waals surface area contributed by atoms with Crippen molar-refractivity contribution < 1.29 is 4.79 Å². The van der Waals surface area contributed by atoms with Gasteiger partial charge in [-0.15, -0.1) is 0 Å². The van der Waals surface area contributed by atoms with Crippen LogP contribution in [0.5, 0.6) is 0 Å². The maximum atomic E-state index is 12.1. The number of piperazine rings is 1. The largest absolute Gasteiger partial charge is 0.349 e. The second-order valence-corrected chi connectivity index (χ2v) is 4.84. The maximum absolute atomic E-state index is 12.1. The minimum Gasteiger partial charge on any atom is -0.349 e. The SMILES string of the molecule is O=C(NCCN1CCNCC1)c1n[nH]c2ccncc12. The highest BCUT2D eigenvalue weighted by atomic mass is 16.1. The number of nitrogens with zero attached hydrogens (tertiary/aromatic N) is 3. The smallest absolute Gasteiger partial charge is 0.272 e. The molecule has 1 amide bonds. The van der Waals surface area contributed by atoms with E-state index < -0.39 is 0 Å². The highest BCUT2D eigenvalue weighted by Crippen LogP contribution is 2.13. The number of pyridine rings is 1. The number of aromatic amines is 1. The van der Waals surface area contributed by atoms with Gasteiger partial charge in [0.25, 0.3) is 5.91 Å². The van der Waals surface area contributed by atoms with Crippen LogP contribution in [0.4, 0.5) is 0 Å². The monoisotopic (exact) mass is 274 g/mol. The third-order valence-electron chi connectivity index (χ3n) is 3.50. The van der Waals surface area contributed by atoms with Gasteiger partial charge in [0.15, 0.2) is 5.69 Å². The number of hydrogen-bond acceptors (Lipinski definition) is 5. The van der Waals surface area contributed by atoms with Crippen molar-refractivity contribution in [3.63, 3.8) is 0 Å². The number of hydrogen-bond donors (Lipinski definition) is 3. The van der Waals surface area contributed by atoms with E-state index in [1.807, 2.05) is 0 Å². The average Bonchev–Trinajstić information content (AvgIpc) is 2.92. The van der Waals surface area contributed by atoms with Gasteiger partial charge in [-0.05, 0) is 6.07 Å². The second kappa shape index (κ2) is 5.98. The maximum Gasteiger partial charge on any atom is 0.272 e. The molecule has 2 aromatic heterocycles. The Kier molecular flexibility index (Phi) is 3.89. The van der Waals surface area contributed by atoms with E-state index in [1.54, 1.807) is 18.5 Å². The zero-order chi connectivity index (χ0) is 13.8. The quantitative estimate of drug-likeness (QED) is 0.706. The number of carbonyl (C=O) groups excluding carboxylic acids is 1. The van der Waals surface area contributed by atoms with Crippen LogP contribution in [0.25, 0.3) is 10.9 Å². The molecule has 0 unspecified atom stereocenters. The topological polar surface area (TPSA) is 85.9 Å². The first kappa shape index (κ1) is 13.0. The van der Waals surface area contributed by atoms with Gasteiger partial charge in [0.1, 0.15) is 0 Å². The molecule has 3 N–H and O–H groups in total. The Balaban J connectivity index is 1.56. The molecule has 0 saturated carbocycles. The summed E-state index contributed by atoms with van der Waals surface area (Å²) in [4.78, 5) is 18.5. The van der Waals surface area contributed by atoms with Crippen LogP contribution < -0.4 is 10.6 Å². The molecular formula is C13H18N6O. The molecule has 7 nitrogen and oxygen atoms in total.